The Hall–Kier alpha value is -2.43. The number of benzene rings is 1. The predicted octanol–water partition coefficient (Wildman–Crippen LogP) is 3.40. The lowest BCUT2D eigenvalue weighted by Crippen LogP contribution is -2.13. The molecule has 5 nitrogen and oxygen atoms in total. The van der Waals surface area contributed by atoms with Crippen molar-refractivity contribution in [3.05, 3.63) is 42.4 Å². The maximum atomic E-state index is 4.36. The van der Waals surface area contributed by atoms with Crippen LogP contribution in [0.5, 0.6) is 0 Å². The average Bonchev–Trinajstić information content (AvgIpc) is 2.81. The fraction of sp³-hybridized carbons (Fsp3) is 0.312. The number of nitrogens with one attached hydrogen (secondary N) is 1. The van der Waals surface area contributed by atoms with Gasteiger partial charge in [-0.3, -0.25) is 4.68 Å². The summed E-state index contributed by atoms with van der Waals surface area (Å²) >= 11 is 0. The predicted molar refractivity (Wildman–Crippen MR) is 84.7 cm³/mol. The Bertz CT molecular complexity index is 783. The zero-order valence-corrected chi connectivity index (χ0v) is 12.8. The average molecular weight is 281 g/mol. The van der Waals surface area contributed by atoms with Crippen LogP contribution < -0.4 is 5.32 Å². The van der Waals surface area contributed by atoms with Crippen molar-refractivity contribution in [3.63, 3.8) is 0 Å². The quantitative estimate of drug-likeness (QED) is 0.782. The lowest BCUT2D eigenvalue weighted by Gasteiger charge is -2.23. The van der Waals surface area contributed by atoms with E-state index < -0.39 is 0 Å². The molecule has 0 radical (unpaired) electrons. The van der Waals surface area contributed by atoms with E-state index >= 15 is 0 Å². The summed E-state index contributed by atoms with van der Waals surface area (Å²) in [7, 11) is 1.88. The van der Waals surface area contributed by atoms with E-state index in [0.717, 1.165) is 22.5 Å². The van der Waals surface area contributed by atoms with E-state index in [1.165, 1.54) is 5.56 Å². The van der Waals surface area contributed by atoms with Gasteiger partial charge in [0.2, 0.25) is 0 Å². The zero-order valence-electron chi connectivity index (χ0n) is 12.8. The molecule has 1 N–H and O–H groups in total. The van der Waals surface area contributed by atoms with Crippen LogP contribution in [-0.2, 0) is 12.5 Å². The van der Waals surface area contributed by atoms with Crippen LogP contribution in [-0.4, -0.2) is 19.7 Å². The van der Waals surface area contributed by atoms with Crippen LogP contribution in [0.3, 0.4) is 0 Å². The number of para-hydroxylation sites is 1. The minimum atomic E-state index is 0.0602. The van der Waals surface area contributed by atoms with E-state index in [2.05, 4.69) is 59.4 Å². The number of nitrogens with zero attached hydrogens (tertiary/aromatic N) is 4. The van der Waals surface area contributed by atoms with E-state index in [9.17, 15) is 0 Å². The molecule has 0 saturated heterocycles. The highest BCUT2D eigenvalue weighted by atomic mass is 15.3. The van der Waals surface area contributed by atoms with Gasteiger partial charge in [-0.15, -0.1) is 0 Å². The van der Waals surface area contributed by atoms with E-state index in [4.69, 9.17) is 0 Å². The van der Waals surface area contributed by atoms with Gasteiger partial charge in [0.05, 0.1) is 11.6 Å². The summed E-state index contributed by atoms with van der Waals surface area (Å²) in [6, 6.07) is 8.31. The summed E-state index contributed by atoms with van der Waals surface area (Å²) in [4.78, 5) is 8.63. The third kappa shape index (κ3) is 2.46. The van der Waals surface area contributed by atoms with Crippen molar-refractivity contribution in [2.75, 3.05) is 5.32 Å². The minimum Gasteiger partial charge on any atom is -0.339 e. The first-order valence-electron chi connectivity index (χ1n) is 6.96. The second-order valence-corrected chi connectivity index (χ2v) is 6.15. The molecule has 0 unspecified atom stereocenters. The van der Waals surface area contributed by atoms with Gasteiger partial charge in [0.25, 0.3) is 0 Å². The number of aryl methyl sites for hydroxylation is 1. The molecule has 1 aromatic carbocycles. The van der Waals surface area contributed by atoms with Gasteiger partial charge < -0.3 is 5.32 Å². The third-order valence-corrected chi connectivity index (χ3v) is 3.52. The van der Waals surface area contributed by atoms with Gasteiger partial charge >= 0.3 is 0 Å². The summed E-state index contributed by atoms with van der Waals surface area (Å²) in [6.07, 6.45) is 3.35. The second-order valence-electron chi connectivity index (χ2n) is 6.15. The molecular formula is C16H19N5. The smallest absolute Gasteiger partial charge is 0.163 e. The van der Waals surface area contributed by atoms with Crippen molar-refractivity contribution in [1.82, 2.24) is 19.7 Å². The summed E-state index contributed by atoms with van der Waals surface area (Å²) in [6.45, 7) is 6.60. The largest absolute Gasteiger partial charge is 0.339 e. The molecule has 0 saturated carbocycles. The molecule has 0 fully saturated rings. The van der Waals surface area contributed by atoms with Gasteiger partial charge in [0.1, 0.15) is 12.1 Å². The Morgan fingerprint density at radius 2 is 1.86 bits per heavy atom. The number of hydrogen-bond donors (Lipinski definition) is 1. The highest BCUT2D eigenvalue weighted by Crippen LogP contribution is 2.32. The number of anilines is 2. The number of hydrogen-bond acceptors (Lipinski definition) is 4. The maximum Gasteiger partial charge on any atom is 0.163 e. The third-order valence-electron chi connectivity index (χ3n) is 3.52. The van der Waals surface area contributed by atoms with Crippen molar-refractivity contribution >= 4 is 22.5 Å². The zero-order chi connectivity index (χ0) is 15.0. The monoisotopic (exact) mass is 281 g/mol. The van der Waals surface area contributed by atoms with E-state index in [1.54, 1.807) is 17.2 Å². The Morgan fingerprint density at radius 3 is 2.62 bits per heavy atom. The molecule has 0 aliphatic heterocycles. The molecule has 3 aromatic rings. The Balaban J connectivity index is 2.08. The minimum absolute atomic E-state index is 0.0602. The van der Waals surface area contributed by atoms with Gasteiger partial charge in [0, 0.05) is 12.7 Å². The molecule has 21 heavy (non-hydrogen) atoms. The fourth-order valence-corrected chi connectivity index (χ4v) is 2.44. The normalized spacial score (nSPS) is 11.8. The first-order chi connectivity index (χ1) is 9.97. The van der Waals surface area contributed by atoms with Crippen LogP contribution >= 0.6 is 0 Å². The molecule has 108 valence electrons. The van der Waals surface area contributed by atoms with Gasteiger partial charge in [-0.2, -0.15) is 5.10 Å². The molecule has 0 aliphatic rings. The number of rotatable bonds is 2. The second kappa shape index (κ2) is 4.84. The van der Waals surface area contributed by atoms with Gasteiger partial charge in [-0.05, 0) is 17.0 Å². The first kappa shape index (κ1) is 13.5. The summed E-state index contributed by atoms with van der Waals surface area (Å²) in [5.41, 5.74) is 3.19. The molecule has 3 rings (SSSR count). The molecule has 2 heterocycles. The number of fused-ring (bicyclic) bond motifs is 1. The topological polar surface area (TPSA) is 55.6 Å². The molecule has 5 heteroatoms. The first-order valence-corrected chi connectivity index (χ1v) is 6.96. The Morgan fingerprint density at radius 1 is 1.10 bits per heavy atom. The Labute approximate surface area is 124 Å². The van der Waals surface area contributed by atoms with E-state index in [1.807, 2.05) is 13.1 Å². The van der Waals surface area contributed by atoms with Crippen molar-refractivity contribution < 1.29 is 0 Å². The molecule has 0 aliphatic carbocycles. The molecular weight excluding hydrogens is 262 g/mol. The van der Waals surface area contributed by atoms with Crippen LogP contribution in [0, 0.1) is 0 Å². The highest BCUT2D eigenvalue weighted by molar-refractivity contribution is 5.88. The van der Waals surface area contributed by atoms with Gasteiger partial charge in [0.15, 0.2) is 5.65 Å². The SMILES string of the molecule is Cn1ncc2c(Nc3ccccc3C(C)(C)C)ncnc21. The van der Waals surface area contributed by atoms with Crippen molar-refractivity contribution in [2.24, 2.45) is 7.05 Å². The van der Waals surface area contributed by atoms with Crippen molar-refractivity contribution in [2.45, 2.75) is 26.2 Å². The van der Waals surface area contributed by atoms with Crippen LogP contribution in [0.2, 0.25) is 0 Å². The molecule has 0 bridgehead atoms. The van der Waals surface area contributed by atoms with E-state index in [0.29, 0.717) is 0 Å². The lowest BCUT2D eigenvalue weighted by molar-refractivity contribution is 0.592. The lowest BCUT2D eigenvalue weighted by atomic mass is 9.86. The van der Waals surface area contributed by atoms with Gasteiger partial charge in [-0.1, -0.05) is 39.0 Å². The van der Waals surface area contributed by atoms with E-state index in [-0.39, 0.29) is 5.41 Å². The van der Waals surface area contributed by atoms with Crippen LogP contribution in [0.25, 0.3) is 11.0 Å². The van der Waals surface area contributed by atoms with Crippen molar-refractivity contribution in [1.29, 1.82) is 0 Å². The maximum absolute atomic E-state index is 4.36. The molecule has 0 spiro atoms. The van der Waals surface area contributed by atoms with Crippen LogP contribution in [0.4, 0.5) is 11.5 Å². The number of aromatic nitrogens is 4. The molecule has 2 aromatic heterocycles. The summed E-state index contributed by atoms with van der Waals surface area (Å²) in [5.74, 6) is 0.782. The summed E-state index contributed by atoms with van der Waals surface area (Å²) in [5, 5.41) is 8.59. The summed E-state index contributed by atoms with van der Waals surface area (Å²) < 4.78 is 1.75. The van der Waals surface area contributed by atoms with Crippen LogP contribution in [0.1, 0.15) is 26.3 Å². The molecule has 0 amide bonds. The molecule has 0 atom stereocenters. The van der Waals surface area contributed by atoms with Crippen LogP contribution in [0.15, 0.2) is 36.8 Å². The van der Waals surface area contributed by atoms with Gasteiger partial charge in [-0.25, -0.2) is 9.97 Å². The highest BCUT2D eigenvalue weighted by Gasteiger charge is 2.18. The standard InChI is InChI=1S/C16H19N5/c1-16(2,3)12-7-5-6-8-13(12)20-14-11-9-19-21(4)15(11)18-10-17-14/h5-10H,1-4H3,(H,17,18,20). The fourth-order valence-electron chi connectivity index (χ4n) is 2.44. The Kier molecular flexibility index (Phi) is 3.12. The van der Waals surface area contributed by atoms with Crippen molar-refractivity contribution in [3.8, 4) is 0 Å².